The Balaban J connectivity index is 2.11. The molecular weight excluding hydrogens is 268 g/mol. The van der Waals surface area contributed by atoms with Crippen LogP contribution in [0.5, 0.6) is 11.5 Å². The number of amides is 1. The third-order valence-electron chi connectivity index (χ3n) is 3.22. The molecule has 0 aliphatic carbocycles. The van der Waals surface area contributed by atoms with Crippen molar-refractivity contribution in [2.45, 2.75) is 13.5 Å². The van der Waals surface area contributed by atoms with Crippen LogP contribution in [-0.2, 0) is 6.54 Å². The highest BCUT2D eigenvalue weighted by atomic mass is 16.5. The van der Waals surface area contributed by atoms with E-state index in [-0.39, 0.29) is 5.91 Å². The first kappa shape index (κ1) is 14.8. The monoisotopic (exact) mass is 286 g/mol. The van der Waals surface area contributed by atoms with Crippen molar-refractivity contribution in [2.75, 3.05) is 14.2 Å². The minimum atomic E-state index is -0.133. The number of aromatic nitrogens is 1. The van der Waals surface area contributed by atoms with Crippen LogP contribution in [0, 0.1) is 6.92 Å². The van der Waals surface area contributed by atoms with Crippen molar-refractivity contribution in [3.05, 3.63) is 53.3 Å². The third kappa shape index (κ3) is 3.51. The van der Waals surface area contributed by atoms with Crippen molar-refractivity contribution in [1.82, 2.24) is 10.3 Å². The summed E-state index contributed by atoms with van der Waals surface area (Å²) in [5.41, 5.74) is 2.60. The smallest absolute Gasteiger partial charge is 0.251 e. The summed E-state index contributed by atoms with van der Waals surface area (Å²) in [6.07, 6.45) is 3.19. The average molecular weight is 286 g/mol. The van der Waals surface area contributed by atoms with E-state index in [1.807, 2.05) is 19.1 Å². The molecule has 0 aliphatic heterocycles. The molecule has 110 valence electrons. The minimum absolute atomic E-state index is 0.133. The predicted molar refractivity (Wildman–Crippen MR) is 79.7 cm³/mol. The predicted octanol–water partition coefficient (Wildman–Crippen LogP) is 2.34. The Morgan fingerprint density at radius 2 is 1.76 bits per heavy atom. The molecule has 1 aromatic carbocycles. The minimum Gasteiger partial charge on any atom is -0.493 e. The number of ether oxygens (including phenoxy) is 2. The van der Waals surface area contributed by atoms with Crippen LogP contribution >= 0.6 is 0 Å². The van der Waals surface area contributed by atoms with Gasteiger partial charge in [-0.3, -0.25) is 9.78 Å². The van der Waals surface area contributed by atoms with Gasteiger partial charge in [-0.25, -0.2) is 0 Å². The number of nitrogens with one attached hydrogen (secondary N) is 1. The Morgan fingerprint density at radius 3 is 2.38 bits per heavy atom. The molecule has 0 saturated carbocycles. The van der Waals surface area contributed by atoms with E-state index in [2.05, 4.69) is 10.3 Å². The number of rotatable bonds is 5. The molecule has 0 unspecified atom stereocenters. The Kier molecular flexibility index (Phi) is 4.77. The van der Waals surface area contributed by atoms with Crippen LogP contribution in [0.3, 0.4) is 0 Å². The van der Waals surface area contributed by atoms with Gasteiger partial charge >= 0.3 is 0 Å². The normalized spacial score (nSPS) is 10.0. The molecule has 1 heterocycles. The number of aryl methyl sites for hydroxylation is 1. The van der Waals surface area contributed by atoms with E-state index in [0.717, 1.165) is 11.1 Å². The van der Waals surface area contributed by atoms with E-state index in [0.29, 0.717) is 23.6 Å². The van der Waals surface area contributed by atoms with Gasteiger partial charge in [0.15, 0.2) is 11.5 Å². The lowest BCUT2D eigenvalue weighted by molar-refractivity contribution is 0.0950. The van der Waals surface area contributed by atoms with Crippen LogP contribution in [0.2, 0.25) is 0 Å². The lowest BCUT2D eigenvalue weighted by atomic mass is 10.1. The maximum absolute atomic E-state index is 12.0. The van der Waals surface area contributed by atoms with E-state index in [1.54, 1.807) is 38.7 Å². The highest BCUT2D eigenvalue weighted by Gasteiger charge is 2.10. The number of methoxy groups -OCH3 is 2. The quantitative estimate of drug-likeness (QED) is 0.916. The zero-order chi connectivity index (χ0) is 15.2. The van der Waals surface area contributed by atoms with Crippen LogP contribution < -0.4 is 14.8 Å². The van der Waals surface area contributed by atoms with Crippen molar-refractivity contribution in [3.8, 4) is 11.5 Å². The fourth-order valence-corrected chi connectivity index (χ4v) is 1.99. The van der Waals surface area contributed by atoms with Crippen molar-refractivity contribution in [2.24, 2.45) is 0 Å². The van der Waals surface area contributed by atoms with E-state index < -0.39 is 0 Å². The molecule has 2 rings (SSSR count). The van der Waals surface area contributed by atoms with Gasteiger partial charge in [0, 0.05) is 24.5 Å². The molecule has 0 saturated heterocycles. The fourth-order valence-electron chi connectivity index (χ4n) is 1.99. The first-order valence-electron chi connectivity index (χ1n) is 6.55. The van der Waals surface area contributed by atoms with Crippen molar-refractivity contribution >= 4 is 5.91 Å². The van der Waals surface area contributed by atoms with Gasteiger partial charge in [-0.05, 0) is 42.3 Å². The second kappa shape index (κ2) is 6.74. The summed E-state index contributed by atoms with van der Waals surface area (Å²) in [5, 5.41) is 2.88. The van der Waals surface area contributed by atoms with E-state index >= 15 is 0 Å². The summed E-state index contributed by atoms with van der Waals surface area (Å²) in [4.78, 5) is 15.9. The average Bonchev–Trinajstić information content (AvgIpc) is 2.53. The summed E-state index contributed by atoms with van der Waals surface area (Å²) in [6.45, 7) is 2.39. The van der Waals surface area contributed by atoms with Crippen LogP contribution in [0.1, 0.15) is 21.5 Å². The molecule has 0 radical (unpaired) electrons. The van der Waals surface area contributed by atoms with Crippen LogP contribution in [0.4, 0.5) is 0 Å². The number of pyridine rings is 1. The Labute approximate surface area is 123 Å². The van der Waals surface area contributed by atoms with Gasteiger partial charge in [-0.15, -0.1) is 0 Å². The van der Waals surface area contributed by atoms with Gasteiger partial charge < -0.3 is 14.8 Å². The molecule has 1 amide bonds. The molecule has 0 aliphatic rings. The summed E-state index contributed by atoms with van der Waals surface area (Å²) < 4.78 is 10.5. The second-order valence-corrected chi connectivity index (χ2v) is 4.55. The Morgan fingerprint density at radius 1 is 1.14 bits per heavy atom. The molecule has 1 N–H and O–H groups in total. The molecule has 0 fully saturated rings. The standard InChI is InChI=1S/C16H18N2O3/c1-11-8-14(20-2)15(21-3)9-13(11)10-18-16(19)12-4-6-17-7-5-12/h4-9H,10H2,1-3H3,(H,18,19). The zero-order valence-corrected chi connectivity index (χ0v) is 12.3. The van der Waals surface area contributed by atoms with Gasteiger partial charge in [0.25, 0.3) is 5.91 Å². The lowest BCUT2D eigenvalue weighted by Gasteiger charge is -2.13. The number of hydrogen-bond donors (Lipinski definition) is 1. The SMILES string of the molecule is COc1cc(C)c(CNC(=O)c2ccncc2)cc1OC. The van der Waals surface area contributed by atoms with Crippen LogP contribution in [0.15, 0.2) is 36.7 Å². The van der Waals surface area contributed by atoms with E-state index in [1.165, 1.54) is 0 Å². The fraction of sp³-hybridized carbons (Fsp3) is 0.250. The van der Waals surface area contributed by atoms with Gasteiger partial charge in [0.1, 0.15) is 0 Å². The highest BCUT2D eigenvalue weighted by Crippen LogP contribution is 2.30. The van der Waals surface area contributed by atoms with Crippen LogP contribution in [-0.4, -0.2) is 25.1 Å². The molecule has 5 nitrogen and oxygen atoms in total. The second-order valence-electron chi connectivity index (χ2n) is 4.55. The highest BCUT2D eigenvalue weighted by molar-refractivity contribution is 5.93. The Hall–Kier alpha value is -2.56. The van der Waals surface area contributed by atoms with Crippen molar-refractivity contribution in [3.63, 3.8) is 0 Å². The molecule has 5 heteroatoms. The lowest BCUT2D eigenvalue weighted by Crippen LogP contribution is -2.23. The van der Waals surface area contributed by atoms with Crippen molar-refractivity contribution < 1.29 is 14.3 Å². The summed E-state index contributed by atoms with van der Waals surface area (Å²) in [7, 11) is 3.19. The van der Waals surface area contributed by atoms with E-state index in [4.69, 9.17) is 9.47 Å². The topological polar surface area (TPSA) is 60.5 Å². The summed E-state index contributed by atoms with van der Waals surface area (Å²) in [6, 6.07) is 7.13. The van der Waals surface area contributed by atoms with Crippen LogP contribution in [0.25, 0.3) is 0 Å². The molecule has 0 atom stereocenters. The molecule has 2 aromatic rings. The molecule has 1 aromatic heterocycles. The maximum Gasteiger partial charge on any atom is 0.251 e. The molecule has 0 spiro atoms. The maximum atomic E-state index is 12.0. The molecular formula is C16H18N2O3. The largest absolute Gasteiger partial charge is 0.493 e. The number of hydrogen-bond acceptors (Lipinski definition) is 4. The van der Waals surface area contributed by atoms with Gasteiger partial charge in [-0.2, -0.15) is 0 Å². The number of nitrogens with zero attached hydrogens (tertiary/aromatic N) is 1. The first-order chi connectivity index (χ1) is 10.2. The van der Waals surface area contributed by atoms with Gasteiger partial charge in [0.05, 0.1) is 14.2 Å². The first-order valence-corrected chi connectivity index (χ1v) is 6.55. The molecule has 21 heavy (non-hydrogen) atoms. The summed E-state index contributed by atoms with van der Waals surface area (Å²) >= 11 is 0. The Bertz CT molecular complexity index is 627. The number of benzene rings is 1. The van der Waals surface area contributed by atoms with Gasteiger partial charge in [-0.1, -0.05) is 0 Å². The molecule has 0 bridgehead atoms. The van der Waals surface area contributed by atoms with Crippen molar-refractivity contribution in [1.29, 1.82) is 0 Å². The number of carbonyl (C=O) groups is 1. The van der Waals surface area contributed by atoms with E-state index in [9.17, 15) is 4.79 Å². The third-order valence-corrected chi connectivity index (χ3v) is 3.22. The number of carbonyl (C=O) groups excluding carboxylic acids is 1. The van der Waals surface area contributed by atoms with Gasteiger partial charge in [0.2, 0.25) is 0 Å². The summed E-state index contributed by atoms with van der Waals surface area (Å²) in [5.74, 6) is 1.20. The zero-order valence-electron chi connectivity index (χ0n) is 12.3.